The number of nitrogens with two attached hydrogens (primary N) is 1. The number of benzene rings is 1. The summed E-state index contributed by atoms with van der Waals surface area (Å²) in [5, 5.41) is 0. The SMILES string of the molecule is CC(C)c1nc(N)cc(-c2cc(F)cc(F)c2)n1. The lowest BCUT2D eigenvalue weighted by Gasteiger charge is -2.08. The summed E-state index contributed by atoms with van der Waals surface area (Å²) in [7, 11) is 0. The summed E-state index contributed by atoms with van der Waals surface area (Å²) in [6.07, 6.45) is 0. The van der Waals surface area contributed by atoms with Gasteiger partial charge in [-0.1, -0.05) is 13.8 Å². The summed E-state index contributed by atoms with van der Waals surface area (Å²) >= 11 is 0. The highest BCUT2D eigenvalue weighted by Crippen LogP contribution is 2.23. The molecule has 0 aliphatic heterocycles. The highest BCUT2D eigenvalue weighted by Gasteiger charge is 2.10. The van der Waals surface area contributed by atoms with Crippen molar-refractivity contribution in [2.45, 2.75) is 19.8 Å². The lowest BCUT2D eigenvalue weighted by Crippen LogP contribution is -2.03. The van der Waals surface area contributed by atoms with Crippen molar-refractivity contribution >= 4 is 5.82 Å². The zero-order chi connectivity index (χ0) is 13.3. The average Bonchev–Trinajstić information content (AvgIpc) is 2.26. The fourth-order valence-corrected chi connectivity index (χ4v) is 1.59. The van der Waals surface area contributed by atoms with Crippen molar-refractivity contribution in [3.05, 3.63) is 41.7 Å². The summed E-state index contributed by atoms with van der Waals surface area (Å²) in [5.74, 6) is -0.366. The maximum atomic E-state index is 13.2. The Balaban J connectivity index is 2.56. The molecule has 1 aromatic heterocycles. The van der Waals surface area contributed by atoms with Crippen LogP contribution in [0.1, 0.15) is 25.6 Å². The fraction of sp³-hybridized carbons (Fsp3) is 0.231. The van der Waals surface area contributed by atoms with Gasteiger partial charge in [-0.25, -0.2) is 18.7 Å². The average molecular weight is 249 g/mol. The second-order valence-corrected chi connectivity index (χ2v) is 4.35. The number of anilines is 1. The van der Waals surface area contributed by atoms with Gasteiger partial charge in [0.1, 0.15) is 23.3 Å². The van der Waals surface area contributed by atoms with Gasteiger partial charge >= 0.3 is 0 Å². The van der Waals surface area contributed by atoms with Crippen LogP contribution in [0.5, 0.6) is 0 Å². The number of rotatable bonds is 2. The molecule has 0 amide bonds. The molecule has 0 bridgehead atoms. The minimum atomic E-state index is -0.645. The maximum absolute atomic E-state index is 13.2. The topological polar surface area (TPSA) is 51.8 Å². The van der Waals surface area contributed by atoms with Crippen molar-refractivity contribution in [1.29, 1.82) is 0 Å². The number of hydrogen-bond donors (Lipinski definition) is 1. The summed E-state index contributed by atoms with van der Waals surface area (Å²) in [6, 6.07) is 4.75. The third kappa shape index (κ3) is 2.61. The van der Waals surface area contributed by atoms with Gasteiger partial charge in [0.25, 0.3) is 0 Å². The van der Waals surface area contributed by atoms with E-state index in [2.05, 4.69) is 9.97 Å². The molecule has 0 fully saturated rings. The van der Waals surface area contributed by atoms with Gasteiger partial charge in [0.05, 0.1) is 5.69 Å². The standard InChI is InChI=1S/C13H13F2N3/c1-7(2)13-17-11(6-12(16)18-13)8-3-9(14)5-10(15)4-8/h3-7H,1-2H3,(H2,16,17,18). The van der Waals surface area contributed by atoms with Gasteiger partial charge in [0, 0.05) is 23.6 Å². The van der Waals surface area contributed by atoms with Crippen molar-refractivity contribution in [3.63, 3.8) is 0 Å². The van der Waals surface area contributed by atoms with Crippen molar-refractivity contribution in [1.82, 2.24) is 9.97 Å². The van der Waals surface area contributed by atoms with E-state index in [-0.39, 0.29) is 11.7 Å². The Morgan fingerprint density at radius 1 is 1.00 bits per heavy atom. The molecule has 2 rings (SSSR count). The molecule has 1 heterocycles. The van der Waals surface area contributed by atoms with Gasteiger partial charge in [-0.2, -0.15) is 0 Å². The molecule has 0 aliphatic rings. The normalized spacial score (nSPS) is 10.9. The first-order valence-corrected chi connectivity index (χ1v) is 5.56. The number of nitrogen functional groups attached to an aromatic ring is 1. The molecule has 0 unspecified atom stereocenters. The Morgan fingerprint density at radius 3 is 2.17 bits per heavy atom. The Morgan fingerprint density at radius 2 is 1.61 bits per heavy atom. The fourth-order valence-electron chi connectivity index (χ4n) is 1.59. The highest BCUT2D eigenvalue weighted by atomic mass is 19.1. The van der Waals surface area contributed by atoms with E-state index in [0.29, 0.717) is 17.1 Å². The third-order valence-corrected chi connectivity index (χ3v) is 2.44. The van der Waals surface area contributed by atoms with Crippen LogP contribution in [0, 0.1) is 11.6 Å². The van der Waals surface area contributed by atoms with Crippen LogP contribution < -0.4 is 5.73 Å². The molecule has 2 N–H and O–H groups in total. The Hall–Kier alpha value is -2.04. The van der Waals surface area contributed by atoms with Gasteiger partial charge in [0.15, 0.2) is 0 Å². The zero-order valence-corrected chi connectivity index (χ0v) is 10.1. The molecular weight excluding hydrogens is 236 g/mol. The van der Waals surface area contributed by atoms with Crippen LogP contribution in [0.4, 0.5) is 14.6 Å². The van der Waals surface area contributed by atoms with E-state index >= 15 is 0 Å². The van der Waals surface area contributed by atoms with Crippen molar-refractivity contribution in [3.8, 4) is 11.3 Å². The van der Waals surface area contributed by atoms with Crippen LogP contribution in [-0.4, -0.2) is 9.97 Å². The molecule has 0 aliphatic carbocycles. The molecule has 2 aromatic rings. The van der Waals surface area contributed by atoms with Crippen LogP contribution in [0.2, 0.25) is 0 Å². The van der Waals surface area contributed by atoms with E-state index < -0.39 is 11.6 Å². The predicted octanol–water partition coefficient (Wildman–Crippen LogP) is 3.13. The number of halogens is 2. The second-order valence-electron chi connectivity index (χ2n) is 4.35. The first-order valence-electron chi connectivity index (χ1n) is 5.56. The van der Waals surface area contributed by atoms with E-state index in [1.165, 1.54) is 18.2 Å². The Bertz CT molecular complexity index is 562. The van der Waals surface area contributed by atoms with Crippen LogP contribution in [-0.2, 0) is 0 Å². The Kier molecular flexibility index (Phi) is 3.23. The largest absolute Gasteiger partial charge is 0.384 e. The van der Waals surface area contributed by atoms with Crippen LogP contribution in [0.25, 0.3) is 11.3 Å². The number of hydrogen-bond acceptors (Lipinski definition) is 3. The molecule has 0 spiro atoms. The second kappa shape index (κ2) is 4.68. The molecule has 0 radical (unpaired) electrons. The van der Waals surface area contributed by atoms with Crippen LogP contribution in [0.15, 0.2) is 24.3 Å². The summed E-state index contributed by atoms with van der Waals surface area (Å²) < 4.78 is 26.3. The highest BCUT2D eigenvalue weighted by molar-refractivity contribution is 5.62. The predicted molar refractivity (Wildman–Crippen MR) is 65.9 cm³/mol. The smallest absolute Gasteiger partial charge is 0.133 e. The van der Waals surface area contributed by atoms with Gasteiger partial charge < -0.3 is 5.73 Å². The van der Waals surface area contributed by atoms with Crippen molar-refractivity contribution < 1.29 is 8.78 Å². The molecule has 0 atom stereocenters. The van der Waals surface area contributed by atoms with E-state index in [0.717, 1.165) is 6.07 Å². The van der Waals surface area contributed by atoms with Crippen LogP contribution in [0.3, 0.4) is 0 Å². The van der Waals surface area contributed by atoms with E-state index in [1.807, 2.05) is 13.8 Å². The summed E-state index contributed by atoms with van der Waals surface area (Å²) in [5.41, 5.74) is 6.44. The number of nitrogens with zero attached hydrogens (tertiary/aromatic N) is 2. The van der Waals surface area contributed by atoms with Crippen LogP contribution >= 0.6 is 0 Å². The monoisotopic (exact) mass is 249 g/mol. The third-order valence-electron chi connectivity index (χ3n) is 2.44. The molecule has 0 saturated heterocycles. The number of aromatic nitrogens is 2. The quantitative estimate of drug-likeness (QED) is 0.889. The van der Waals surface area contributed by atoms with E-state index in [4.69, 9.17) is 5.73 Å². The van der Waals surface area contributed by atoms with Gasteiger partial charge in [-0.3, -0.25) is 0 Å². The molecule has 1 aromatic carbocycles. The lowest BCUT2D eigenvalue weighted by atomic mass is 10.1. The summed E-state index contributed by atoms with van der Waals surface area (Å²) in [6.45, 7) is 3.84. The molecule has 0 saturated carbocycles. The van der Waals surface area contributed by atoms with E-state index in [9.17, 15) is 8.78 Å². The first-order chi connectivity index (χ1) is 8.45. The first kappa shape index (κ1) is 12.4. The molecule has 5 heteroatoms. The maximum Gasteiger partial charge on any atom is 0.133 e. The molecule has 18 heavy (non-hydrogen) atoms. The molecule has 94 valence electrons. The minimum absolute atomic E-state index is 0.0886. The van der Waals surface area contributed by atoms with E-state index in [1.54, 1.807) is 0 Å². The zero-order valence-electron chi connectivity index (χ0n) is 10.1. The van der Waals surface area contributed by atoms with Crippen molar-refractivity contribution in [2.24, 2.45) is 0 Å². The molecule has 3 nitrogen and oxygen atoms in total. The lowest BCUT2D eigenvalue weighted by molar-refractivity contribution is 0.584. The van der Waals surface area contributed by atoms with Gasteiger partial charge in [-0.05, 0) is 12.1 Å². The molecular formula is C13H13F2N3. The van der Waals surface area contributed by atoms with Crippen molar-refractivity contribution in [2.75, 3.05) is 5.73 Å². The van der Waals surface area contributed by atoms with Gasteiger partial charge in [-0.15, -0.1) is 0 Å². The summed E-state index contributed by atoms with van der Waals surface area (Å²) in [4.78, 5) is 8.34. The Labute approximate surface area is 104 Å². The van der Waals surface area contributed by atoms with Gasteiger partial charge in [0.2, 0.25) is 0 Å². The minimum Gasteiger partial charge on any atom is -0.384 e.